The lowest BCUT2D eigenvalue weighted by atomic mass is 10.0. The summed E-state index contributed by atoms with van der Waals surface area (Å²) in [5, 5.41) is 2.19. The molecule has 4 heterocycles. The lowest BCUT2D eigenvalue weighted by Gasteiger charge is -2.46. The normalized spacial score (nSPS) is 24.9. The lowest BCUT2D eigenvalue weighted by molar-refractivity contribution is -0.139. The van der Waals surface area contributed by atoms with E-state index in [4.69, 9.17) is 31.9 Å². The molecule has 2 saturated heterocycles. The molecule has 2 aromatic carbocycles. The molecule has 2 fully saturated rings. The van der Waals surface area contributed by atoms with Gasteiger partial charge in [0.05, 0.1) is 42.7 Å². The van der Waals surface area contributed by atoms with Crippen molar-refractivity contribution in [3.63, 3.8) is 0 Å². The standard InChI is InChI=1S/C67H110O8Si3/c1-15-16-17-18-19-20-21-22-23-33-40-64(73-77(52(8)9,53(10)11)54(12)13)62-43-44-63(71-62)66-46-45-65(74-78(75-66,59-36-29-25-30-37-59)60-38-31-26-32-39-60)61-42-41-57(70-61)34-27-24-28-35-58(48-56-47-55(14)69-67(56)68)72-76(49(2)3,50(4)5)51(6)7/h24-27,29-32,36-39,45-47,49-55,57-58,61-66H,15-23,28,33-35,40-44,48H2,1-14H3/t55-,57+,58+,61-,62+,63+,64+,65-,66+/m0/s1. The van der Waals surface area contributed by atoms with E-state index in [9.17, 15) is 4.79 Å². The Morgan fingerprint density at radius 1 is 0.590 bits per heavy atom. The first-order valence-electron chi connectivity index (χ1n) is 31.8. The van der Waals surface area contributed by atoms with Crippen LogP contribution in [0.2, 0.25) is 33.2 Å². The highest BCUT2D eigenvalue weighted by Crippen LogP contribution is 2.47. The quantitative estimate of drug-likeness (QED) is 0.0303. The molecule has 4 aliphatic rings. The van der Waals surface area contributed by atoms with Crippen LogP contribution in [0.5, 0.6) is 0 Å². The van der Waals surface area contributed by atoms with Gasteiger partial charge >= 0.3 is 14.5 Å². The zero-order valence-electron chi connectivity index (χ0n) is 51.5. The molecule has 0 unspecified atom stereocenters. The molecule has 0 radical (unpaired) electrons. The molecule has 78 heavy (non-hydrogen) atoms. The lowest BCUT2D eigenvalue weighted by Crippen LogP contribution is -2.66. The minimum Gasteiger partial charge on any atom is -0.455 e. The Balaban J connectivity index is 1.18. The second kappa shape index (κ2) is 31.3. The van der Waals surface area contributed by atoms with Gasteiger partial charge in [-0.05, 0) is 108 Å². The molecular weight excluding hydrogens is 1020 g/mol. The van der Waals surface area contributed by atoms with E-state index in [1.807, 2.05) is 13.0 Å². The molecule has 0 aliphatic carbocycles. The number of benzene rings is 2. The van der Waals surface area contributed by atoms with Crippen LogP contribution in [0.1, 0.15) is 219 Å². The maximum absolute atomic E-state index is 12.8. The molecule has 0 spiro atoms. The van der Waals surface area contributed by atoms with Crippen molar-refractivity contribution in [1.29, 1.82) is 0 Å². The van der Waals surface area contributed by atoms with Crippen molar-refractivity contribution >= 4 is 41.5 Å². The number of hydrogen-bond acceptors (Lipinski definition) is 8. The van der Waals surface area contributed by atoms with Crippen molar-refractivity contribution in [3.8, 4) is 0 Å². The molecule has 8 nitrogen and oxygen atoms in total. The third-order valence-corrected chi connectivity index (χ3v) is 34.1. The number of allylic oxidation sites excluding steroid dienone is 1. The van der Waals surface area contributed by atoms with E-state index in [2.05, 4.69) is 175 Å². The number of esters is 1. The average molecular weight is 1130 g/mol. The Bertz CT molecular complexity index is 2060. The molecular formula is C67H110O8Si3. The van der Waals surface area contributed by atoms with E-state index in [-0.39, 0.29) is 60.9 Å². The van der Waals surface area contributed by atoms with Crippen LogP contribution in [0.3, 0.4) is 0 Å². The molecule has 6 rings (SSSR count). The van der Waals surface area contributed by atoms with Crippen LogP contribution in [0, 0.1) is 0 Å². The Labute approximate surface area is 479 Å². The van der Waals surface area contributed by atoms with Crippen LogP contribution in [0.15, 0.2) is 96.6 Å². The second-order valence-electron chi connectivity index (χ2n) is 25.9. The number of carbonyl (C=O) groups excluding carboxylic acids is 1. The van der Waals surface area contributed by atoms with Gasteiger partial charge in [0.25, 0.3) is 0 Å². The van der Waals surface area contributed by atoms with E-state index in [1.165, 1.54) is 64.2 Å². The summed E-state index contributed by atoms with van der Waals surface area (Å²) in [5.41, 5.74) is 3.65. The fourth-order valence-electron chi connectivity index (χ4n) is 14.6. The highest BCUT2D eigenvalue weighted by atomic mass is 28.4. The highest BCUT2D eigenvalue weighted by Gasteiger charge is 2.53. The van der Waals surface area contributed by atoms with Crippen molar-refractivity contribution in [1.82, 2.24) is 0 Å². The van der Waals surface area contributed by atoms with Crippen LogP contribution in [0.25, 0.3) is 0 Å². The fraction of sp³-hybridized carbons (Fsp3) is 0.716. The molecule has 0 amide bonds. The number of cyclic esters (lactones) is 1. The monoisotopic (exact) mass is 1130 g/mol. The Hall–Kier alpha value is -2.46. The first-order valence-corrected chi connectivity index (χ1v) is 37.9. The number of rotatable bonds is 33. The molecule has 0 N–H and O–H groups in total. The number of carbonyl (C=O) groups is 1. The Kier molecular flexibility index (Phi) is 25.9. The van der Waals surface area contributed by atoms with Crippen molar-refractivity contribution in [2.75, 3.05) is 0 Å². The minimum absolute atomic E-state index is 0.0198. The molecule has 4 aliphatic heterocycles. The Morgan fingerprint density at radius 3 is 1.58 bits per heavy atom. The van der Waals surface area contributed by atoms with Crippen LogP contribution in [-0.2, 0) is 36.7 Å². The third-order valence-electron chi connectivity index (χ3n) is 18.4. The largest absolute Gasteiger partial charge is 0.455 e. The predicted molar refractivity (Wildman–Crippen MR) is 332 cm³/mol. The van der Waals surface area contributed by atoms with E-state index in [1.54, 1.807) is 0 Å². The first kappa shape index (κ1) is 64.7. The van der Waals surface area contributed by atoms with Gasteiger partial charge in [0.15, 0.2) is 0 Å². The van der Waals surface area contributed by atoms with Gasteiger partial charge < -0.3 is 31.9 Å². The maximum Gasteiger partial charge on any atom is 0.408 e. The summed E-state index contributed by atoms with van der Waals surface area (Å²) in [6.45, 7) is 32.7. The number of unbranched alkanes of at least 4 members (excludes halogenated alkanes) is 9. The molecule has 438 valence electrons. The molecule has 0 saturated carbocycles. The van der Waals surface area contributed by atoms with Crippen LogP contribution < -0.4 is 10.4 Å². The predicted octanol–water partition coefficient (Wildman–Crippen LogP) is 17.1. The van der Waals surface area contributed by atoms with Gasteiger partial charge in [0.2, 0.25) is 16.6 Å². The first-order chi connectivity index (χ1) is 37.4. The summed E-state index contributed by atoms with van der Waals surface area (Å²) in [4.78, 5) is 12.8. The van der Waals surface area contributed by atoms with Crippen LogP contribution in [-0.4, -0.2) is 86.1 Å². The number of hydrogen-bond donors (Lipinski definition) is 0. The third kappa shape index (κ3) is 16.6. The van der Waals surface area contributed by atoms with Gasteiger partial charge in [0.1, 0.15) is 6.10 Å². The average Bonchev–Trinajstić information content (AvgIpc) is 4.14. The van der Waals surface area contributed by atoms with Crippen molar-refractivity contribution < 1.29 is 36.7 Å². The van der Waals surface area contributed by atoms with Gasteiger partial charge in [-0.25, -0.2) is 4.79 Å². The zero-order valence-corrected chi connectivity index (χ0v) is 54.5. The van der Waals surface area contributed by atoms with Crippen LogP contribution in [0.4, 0.5) is 0 Å². The highest BCUT2D eigenvalue weighted by molar-refractivity contribution is 6.92. The second-order valence-corrected chi connectivity index (χ2v) is 39.5. The summed E-state index contributed by atoms with van der Waals surface area (Å²) in [7, 11) is -7.73. The fourth-order valence-corrected chi connectivity index (χ4v) is 29.2. The molecule has 0 bridgehead atoms. The molecule has 2 aromatic rings. The summed E-state index contributed by atoms with van der Waals surface area (Å²) >= 11 is 0. The maximum atomic E-state index is 12.8. The van der Waals surface area contributed by atoms with Gasteiger partial charge in [-0.3, -0.25) is 0 Å². The van der Waals surface area contributed by atoms with Gasteiger partial charge in [-0.15, -0.1) is 0 Å². The van der Waals surface area contributed by atoms with Crippen molar-refractivity contribution in [2.45, 2.75) is 307 Å². The summed E-state index contributed by atoms with van der Waals surface area (Å²) < 4.78 is 50.3. The minimum atomic E-state index is -3.36. The van der Waals surface area contributed by atoms with Crippen LogP contribution >= 0.6 is 0 Å². The van der Waals surface area contributed by atoms with Gasteiger partial charge in [-0.1, -0.05) is 239 Å². The smallest absolute Gasteiger partial charge is 0.408 e. The van der Waals surface area contributed by atoms with E-state index >= 15 is 0 Å². The summed E-state index contributed by atoms with van der Waals surface area (Å²) in [6.07, 6.45) is 31.5. The molecule has 0 aromatic heterocycles. The topological polar surface area (TPSA) is 81.7 Å². The van der Waals surface area contributed by atoms with Gasteiger partial charge in [0, 0.05) is 18.1 Å². The van der Waals surface area contributed by atoms with Crippen molar-refractivity contribution in [3.05, 3.63) is 96.6 Å². The molecule has 9 atom stereocenters. The van der Waals surface area contributed by atoms with E-state index < -0.39 is 25.2 Å². The Morgan fingerprint density at radius 2 is 1.08 bits per heavy atom. The summed E-state index contributed by atoms with van der Waals surface area (Å²) in [5.74, 6) is -0.195. The van der Waals surface area contributed by atoms with E-state index in [0.29, 0.717) is 39.7 Å². The number of ether oxygens (including phenoxy) is 3. The zero-order chi connectivity index (χ0) is 56.5. The van der Waals surface area contributed by atoms with Crippen molar-refractivity contribution in [2.24, 2.45) is 0 Å². The van der Waals surface area contributed by atoms with Gasteiger partial charge in [-0.2, -0.15) is 0 Å². The summed E-state index contributed by atoms with van der Waals surface area (Å²) in [6, 6.07) is 21.5. The SMILES string of the molecule is CCCCCCCCCCCC[C@@H](O[Si](C(C)C)(C(C)C)C(C)C)[C@H]1CC[C@H]([C@H]2C=C[C@@H]([C@@H]3CC[C@@H](CC=CCC[C@H](CC4=C[C@H](C)OC4=O)O[Si](C(C)C)(C(C)C)C(C)C)O3)O[Si](c3ccccc3)(c3ccccc3)O2)O1. The molecule has 11 heteroatoms. The van der Waals surface area contributed by atoms with E-state index in [0.717, 1.165) is 67.3 Å².